The van der Waals surface area contributed by atoms with Gasteiger partial charge in [-0.1, -0.05) is 0 Å². The van der Waals surface area contributed by atoms with Crippen molar-refractivity contribution in [1.82, 2.24) is 25.8 Å². The highest BCUT2D eigenvalue weighted by Gasteiger charge is 2.28. The molecular formula is C9H15N5O3. The summed E-state index contributed by atoms with van der Waals surface area (Å²) in [4.78, 5) is 26.0. The summed E-state index contributed by atoms with van der Waals surface area (Å²) in [7, 11) is 0. The maximum atomic E-state index is 11.4. The molecule has 0 bridgehead atoms. The number of nitrogens with one attached hydrogen (secondary N) is 3. The summed E-state index contributed by atoms with van der Waals surface area (Å²) in [5, 5.41) is 20.0. The van der Waals surface area contributed by atoms with Gasteiger partial charge in [-0.3, -0.25) is 5.10 Å². The number of amides is 2. The minimum atomic E-state index is -1.30. The number of nitrogens with zero attached hydrogens (tertiary/aromatic N) is 2. The highest BCUT2D eigenvalue weighted by molar-refractivity contribution is 5.85. The van der Waals surface area contributed by atoms with Crippen molar-refractivity contribution < 1.29 is 14.7 Å². The van der Waals surface area contributed by atoms with E-state index in [-0.39, 0.29) is 0 Å². The average Bonchev–Trinajstić information content (AvgIpc) is 2.69. The molecule has 0 atom stereocenters. The Morgan fingerprint density at radius 1 is 1.53 bits per heavy atom. The van der Waals surface area contributed by atoms with E-state index in [0.29, 0.717) is 18.8 Å². The van der Waals surface area contributed by atoms with Crippen LogP contribution < -0.4 is 10.6 Å². The SMILES string of the molecule is CC(C)(NC(=O)NCCc1ncn[nH]1)C(=O)O. The number of carbonyl (C=O) groups excluding carboxylic acids is 1. The molecular weight excluding hydrogens is 226 g/mol. The fourth-order valence-corrected chi connectivity index (χ4v) is 1.03. The first kappa shape index (κ1) is 12.9. The van der Waals surface area contributed by atoms with Gasteiger partial charge < -0.3 is 15.7 Å². The molecule has 1 aromatic rings. The molecule has 0 radical (unpaired) electrons. The van der Waals surface area contributed by atoms with Gasteiger partial charge in [-0.15, -0.1) is 0 Å². The molecule has 0 unspecified atom stereocenters. The van der Waals surface area contributed by atoms with E-state index in [2.05, 4.69) is 25.8 Å². The van der Waals surface area contributed by atoms with E-state index in [1.165, 1.54) is 20.2 Å². The van der Waals surface area contributed by atoms with Gasteiger partial charge in [0.25, 0.3) is 0 Å². The lowest BCUT2D eigenvalue weighted by molar-refractivity contribution is -0.142. The predicted molar refractivity (Wildman–Crippen MR) is 58.3 cm³/mol. The zero-order chi connectivity index (χ0) is 12.9. The number of urea groups is 1. The highest BCUT2D eigenvalue weighted by Crippen LogP contribution is 2.00. The van der Waals surface area contributed by atoms with E-state index in [0.717, 1.165) is 0 Å². The minimum absolute atomic E-state index is 0.344. The molecule has 0 aliphatic heterocycles. The Morgan fingerprint density at radius 2 is 2.24 bits per heavy atom. The summed E-state index contributed by atoms with van der Waals surface area (Å²) in [5.74, 6) is -0.439. The van der Waals surface area contributed by atoms with Crippen LogP contribution in [0.15, 0.2) is 6.33 Å². The van der Waals surface area contributed by atoms with Crippen LogP contribution in [0.25, 0.3) is 0 Å². The summed E-state index contributed by atoms with van der Waals surface area (Å²) in [6, 6.07) is -0.531. The van der Waals surface area contributed by atoms with Crippen LogP contribution >= 0.6 is 0 Å². The van der Waals surface area contributed by atoms with E-state index in [4.69, 9.17) is 5.11 Å². The lowest BCUT2D eigenvalue weighted by Crippen LogP contribution is -2.53. The Hall–Kier alpha value is -2.12. The Bertz CT molecular complexity index is 387. The first-order chi connectivity index (χ1) is 7.92. The number of carbonyl (C=O) groups is 2. The molecule has 17 heavy (non-hydrogen) atoms. The number of aromatic nitrogens is 3. The fraction of sp³-hybridized carbons (Fsp3) is 0.556. The third kappa shape index (κ3) is 4.09. The van der Waals surface area contributed by atoms with Crippen molar-refractivity contribution in [2.24, 2.45) is 0 Å². The number of aromatic amines is 1. The van der Waals surface area contributed by atoms with Gasteiger partial charge in [-0.25, -0.2) is 14.6 Å². The normalized spacial score (nSPS) is 10.9. The van der Waals surface area contributed by atoms with Crippen LogP contribution in [0.3, 0.4) is 0 Å². The molecule has 8 heteroatoms. The van der Waals surface area contributed by atoms with E-state index in [9.17, 15) is 9.59 Å². The van der Waals surface area contributed by atoms with Crippen molar-refractivity contribution >= 4 is 12.0 Å². The van der Waals surface area contributed by atoms with Crippen molar-refractivity contribution in [2.45, 2.75) is 25.8 Å². The zero-order valence-electron chi connectivity index (χ0n) is 9.65. The largest absolute Gasteiger partial charge is 0.480 e. The molecule has 1 aromatic heterocycles. The van der Waals surface area contributed by atoms with Crippen molar-refractivity contribution in [2.75, 3.05) is 6.54 Å². The fourth-order valence-electron chi connectivity index (χ4n) is 1.03. The highest BCUT2D eigenvalue weighted by atomic mass is 16.4. The van der Waals surface area contributed by atoms with Crippen LogP contribution in [0.2, 0.25) is 0 Å². The first-order valence-electron chi connectivity index (χ1n) is 5.05. The van der Waals surface area contributed by atoms with E-state index in [1.807, 2.05) is 0 Å². The molecule has 1 rings (SSSR count). The number of carboxylic acids is 1. The molecule has 8 nitrogen and oxygen atoms in total. The summed E-state index contributed by atoms with van der Waals surface area (Å²) in [6.45, 7) is 3.16. The topological polar surface area (TPSA) is 120 Å². The monoisotopic (exact) mass is 241 g/mol. The zero-order valence-corrected chi connectivity index (χ0v) is 9.65. The molecule has 4 N–H and O–H groups in total. The molecule has 2 amide bonds. The summed E-state index contributed by atoms with van der Waals surface area (Å²) < 4.78 is 0. The van der Waals surface area contributed by atoms with Gasteiger partial charge in [0.2, 0.25) is 0 Å². The van der Waals surface area contributed by atoms with Crippen LogP contribution in [0, 0.1) is 0 Å². The minimum Gasteiger partial charge on any atom is -0.480 e. The maximum Gasteiger partial charge on any atom is 0.328 e. The second-order valence-electron chi connectivity index (χ2n) is 3.99. The van der Waals surface area contributed by atoms with Crippen molar-refractivity contribution in [3.8, 4) is 0 Å². The van der Waals surface area contributed by atoms with Gasteiger partial charge >= 0.3 is 12.0 Å². The Morgan fingerprint density at radius 3 is 2.76 bits per heavy atom. The van der Waals surface area contributed by atoms with Crippen LogP contribution in [0.1, 0.15) is 19.7 Å². The number of carboxylic acid groups (broad SMARTS) is 1. The molecule has 0 saturated heterocycles. The third-order valence-electron chi connectivity index (χ3n) is 2.07. The van der Waals surface area contributed by atoms with Crippen LogP contribution in [-0.2, 0) is 11.2 Å². The Labute approximate surface area is 97.8 Å². The second kappa shape index (κ2) is 5.28. The van der Waals surface area contributed by atoms with Gasteiger partial charge in [0.1, 0.15) is 17.7 Å². The summed E-state index contributed by atoms with van der Waals surface area (Å²) >= 11 is 0. The molecule has 0 spiro atoms. The van der Waals surface area contributed by atoms with E-state index < -0.39 is 17.5 Å². The molecule has 1 heterocycles. The molecule has 0 fully saturated rings. The molecule has 0 aliphatic rings. The summed E-state index contributed by atoms with van der Waals surface area (Å²) in [6.07, 6.45) is 1.88. The molecule has 0 aliphatic carbocycles. The first-order valence-corrected chi connectivity index (χ1v) is 5.05. The van der Waals surface area contributed by atoms with Gasteiger partial charge in [0.15, 0.2) is 0 Å². The van der Waals surface area contributed by atoms with Gasteiger partial charge in [0.05, 0.1) is 0 Å². The van der Waals surface area contributed by atoms with Crippen molar-refractivity contribution in [3.05, 3.63) is 12.2 Å². The van der Waals surface area contributed by atoms with E-state index >= 15 is 0 Å². The molecule has 0 aromatic carbocycles. The third-order valence-corrected chi connectivity index (χ3v) is 2.07. The Kier molecular flexibility index (Phi) is 4.02. The quantitative estimate of drug-likeness (QED) is 0.554. The van der Waals surface area contributed by atoms with Crippen molar-refractivity contribution in [3.63, 3.8) is 0 Å². The molecule has 94 valence electrons. The number of aliphatic carboxylic acids is 1. The lowest BCUT2D eigenvalue weighted by Gasteiger charge is -2.21. The van der Waals surface area contributed by atoms with E-state index in [1.54, 1.807) is 0 Å². The van der Waals surface area contributed by atoms with Crippen LogP contribution in [0.5, 0.6) is 0 Å². The smallest absolute Gasteiger partial charge is 0.328 e. The number of rotatable bonds is 5. The Balaban J connectivity index is 2.28. The number of hydrogen-bond acceptors (Lipinski definition) is 4. The number of H-pyrrole nitrogens is 1. The standard InChI is InChI=1S/C9H15N5O3/c1-9(2,7(15)16)13-8(17)10-4-3-6-11-5-12-14-6/h5H,3-4H2,1-2H3,(H,15,16)(H2,10,13,17)(H,11,12,14). The number of hydrogen-bond donors (Lipinski definition) is 4. The summed E-state index contributed by atoms with van der Waals surface area (Å²) in [5.41, 5.74) is -1.30. The predicted octanol–water partition coefficient (Wildman–Crippen LogP) is -0.490. The van der Waals surface area contributed by atoms with Gasteiger partial charge in [-0.2, -0.15) is 5.10 Å². The van der Waals surface area contributed by atoms with Gasteiger partial charge in [0, 0.05) is 13.0 Å². The van der Waals surface area contributed by atoms with Crippen LogP contribution in [0.4, 0.5) is 4.79 Å². The second-order valence-corrected chi connectivity index (χ2v) is 3.99. The lowest BCUT2D eigenvalue weighted by atomic mass is 10.1. The van der Waals surface area contributed by atoms with Crippen LogP contribution in [-0.4, -0.2) is 44.4 Å². The maximum absolute atomic E-state index is 11.4. The van der Waals surface area contributed by atoms with Gasteiger partial charge in [-0.05, 0) is 13.8 Å². The molecule has 0 saturated carbocycles. The average molecular weight is 241 g/mol. The van der Waals surface area contributed by atoms with Crippen molar-refractivity contribution in [1.29, 1.82) is 0 Å².